The van der Waals surface area contributed by atoms with Gasteiger partial charge in [0.2, 0.25) is 5.88 Å². The van der Waals surface area contributed by atoms with Crippen LogP contribution in [-0.2, 0) is 9.53 Å². The molecule has 4 rings (SSSR count). The molecule has 0 saturated carbocycles. The first-order chi connectivity index (χ1) is 15.2. The molecule has 0 bridgehead atoms. The predicted octanol–water partition coefficient (Wildman–Crippen LogP) is 2.38. The molecule has 1 amide bonds. The Kier molecular flexibility index (Phi) is 6.78. The van der Waals surface area contributed by atoms with E-state index < -0.39 is 0 Å². The number of methoxy groups -OCH3 is 1. The first-order valence-corrected chi connectivity index (χ1v) is 10.3. The first kappa shape index (κ1) is 20.9. The van der Waals surface area contributed by atoms with E-state index in [1.54, 1.807) is 13.2 Å². The predicted molar refractivity (Wildman–Crippen MR) is 118 cm³/mol. The number of rotatable bonds is 8. The highest BCUT2D eigenvalue weighted by atomic mass is 16.5. The van der Waals surface area contributed by atoms with Gasteiger partial charge in [-0.2, -0.15) is 0 Å². The Morgan fingerprint density at radius 3 is 2.45 bits per heavy atom. The molecule has 162 valence electrons. The van der Waals surface area contributed by atoms with Gasteiger partial charge in [0.25, 0.3) is 5.91 Å². The van der Waals surface area contributed by atoms with E-state index in [1.165, 1.54) is 0 Å². The van der Waals surface area contributed by atoms with Crippen LogP contribution in [0.25, 0.3) is 10.8 Å². The summed E-state index contributed by atoms with van der Waals surface area (Å²) >= 11 is 0. The Balaban J connectivity index is 1.24. The second-order valence-corrected chi connectivity index (χ2v) is 7.24. The molecule has 0 aliphatic carbocycles. The standard InChI is InChI=1S/C23H26N4O4/c1-29-14-15-30-22-9-8-21(24-25-22)26-10-12-27(13-11-26)23(28)17-31-20-7-6-18-4-2-3-5-19(18)16-20/h2-9,16H,10-15,17H2,1H3. The molecule has 1 fully saturated rings. The molecular formula is C23H26N4O4. The molecule has 1 aromatic heterocycles. The Labute approximate surface area is 181 Å². The summed E-state index contributed by atoms with van der Waals surface area (Å²) in [7, 11) is 1.62. The van der Waals surface area contributed by atoms with Crippen LogP contribution in [0.1, 0.15) is 0 Å². The maximum Gasteiger partial charge on any atom is 0.260 e. The van der Waals surface area contributed by atoms with E-state index in [0.717, 1.165) is 16.6 Å². The fourth-order valence-electron chi connectivity index (χ4n) is 3.47. The van der Waals surface area contributed by atoms with Crippen LogP contribution in [0.5, 0.6) is 11.6 Å². The summed E-state index contributed by atoms with van der Waals surface area (Å²) in [6.45, 7) is 3.60. The van der Waals surface area contributed by atoms with Crippen LogP contribution in [0.3, 0.4) is 0 Å². The Bertz CT molecular complexity index is 1000. The molecule has 2 heterocycles. The van der Waals surface area contributed by atoms with Crippen molar-refractivity contribution in [1.82, 2.24) is 15.1 Å². The van der Waals surface area contributed by atoms with Crippen molar-refractivity contribution >= 4 is 22.5 Å². The number of piperazine rings is 1. The minimum atomic E-state index is -0.0132. The third-order valence-electron chi connectivity index (χ3n) is 5.20. The maximum absolute atomic E-state index is 12.6. The largest absolute Gasteiger partial charge is 0.484 e. The van der Waals surface area contributed by atoms with E-state index >= 15 is 0 Å². The smallest absolute Gasteiger partial charge is 0.260 e. The quantitative estimate of drug-likeness (QED) is 0.516. The van der Waals surface area contributed by atoms with Crippen LogP contribution < -0.4 is 14.4 Å². The van der Waals surface area contributed by atoms with Crippen molar-refractivity contribution in [1.29, 1.82) is 0 Å². The van der Waals surface area contributed by atoms with Crippen molar-refractivity contribution in [2.45, 2.75) is 0 Å². The lowest BCUT2D eigenvalue weighted by atomic mass is 10.1. The number of benzene rings is 2. The van der Waals surface area contributed by atoms with Crippen molar-refractivity contribution in [2.75, 3.05) is 58.0 Å². The number of hydrogen-bond acceptors (Lipinski definition) is 7. The summed E-state index contributed by atoms with van der Waals surface area (Å²) < 4.78 is 16.1. The second-order valence-electron chi connectivity index (χ2n) is 7.24. The van der Waals surface area contributed by atoms with Crippen LogP contribution in [-0.4, -0.2) is 74.1 Å². The number of fused-ring (bicyclic) bond motifs is 1. The fourth-order valence-corrected chi connectivity index (χ4v) is 3.47. The van der Waals surface area contributed by atoms with Crippen molar-refractivity contribution in [3.8, 4) is 11.6 Å². The van der Waals surface area contributed by atoms with E-state index in [2.05, 4.69) is 21.2 Å². The van der Waals surface area contributed by atoms with Gasteiger partial charge in [-0.05, 0) is 29.0 Å². The van der Waals surface area contributed by atoms with Gasteiger partial charge in [-0.3, -0.25) is 4.79 Å². The SMILES string of the molecule is COCCOc1ccc(N2CCN(C(=O)COc3ccc4ccccc4c3)CC2)nn1. The average molecular weight is 422 g/mol. The van der Waals surface area contributed by atoms with Gasteiger partial charge in [0.1, 0.15) is 12.4 Å². The number of carbonyl (C=O) groups excluding carboxylic acids is 1. The second kappa shape index (κ2) is 10.1. The van der Waals surface area contributed by atoms with Gasteiger partial charge in [-0.15, -0.1) is 10.2 Å². The molecular weight excluding hydrogens is 396 g/mol. The molecule has 1 aliphatic heterocycles. The molecule has 1 aliphatic rings. The third-order valence-corrected chi connectivity index (χ3v) is 5.20. The van der Waals surface area contributed by atoms with E-state index in [4.69, 9.17) is 14.2 Å². The number of hydrogen-bond donors (Lipinski definition) is 0. The molecule has 31 heavy (non-hydrogen) atoms. The zero-order valence-corrected chi connectivity index (χ0v) is 17.6. The molecule has 0 unspecified atom stereocenters. The minimum absolute atomic E-state index is 0.0132. The molecule has 0 atom stereocenters. The normalized spacial score (nSPS) is 14.0. The summed E-state index contributed by atoms with van der Waals surface area (Å²) in [5.74, 6) is 1.94. The number of ether oxygens (including phenoxy) is 3. The molecule has 0 spiro atoms. The number of nitrogens with zero attached hydrogens (tertiary/aromatic N) is 4. The Hall–Kier alpha value is -3.39. The molecule has 2 aromatic carbocycles. The Morgan fingerprint density at radius 1 is 0.903 bits per heavy atom. The van der Waals surface area contributed by atoms with Gasteiger partial charge in [0.15, 0.2) is 12.4 Å². The number of anilines is 1. The fraction of sp³-hybridized carbons (Fsp3) is 0.348. The molecule has 1 saturated heterocycles. The third kappa shape index (κ3) is 5.40. The van der Waals surface area contributed by atoms with E-state index in [-0.39, 0.29) is 12.5 Å². The number of amides is 1. The van der Waals surface area contributed by atoms with Gasteiger partial charge in [-0.1, -0.05) is 30.3 Å². The minimum Gasteiger partial charge on any atom is -0.484 e. The van der Waals surface area contributed by atoms with Crippen LogP contribution in [0, 0.1) is 0 Å². The maximum atomic E-state index is 12.6. The Morgan fingerprint density at radius 2 is 1.71 bits per heavy atom. The lowest BCUT2D eigenvalue weighted by molar-refractivity contribution is -0.133. The number of carbonyl (C=O) groups is 1. The zero-order chi connectivity index (χ0) is 21.5. The summed E-state index contributed by atoms with van der Waals surface area (Å²) in [6, 6.07) is 17.6. The molecule has 8 heteroatoms. The van der Waals surface area contributed by atoms with Crippen LogP contribution >= 0.6 is 0 Å². The van der Waals surface area contributed by atoms with Crippen LogP contribution in [0.4, 0.5) is 5.82 Å². The summed E-state index contributed by atoms with van der Waals surface area (Å²) in [5, 5.41) is 10.6. The monoisotopic (exact) mass is 422 g/mol. The van der Waals surface area contributed by atoms with Gasteiger partial charge < -0.3 is 24.0 Å². The topological polar surface area (TPSA) is 77.0 Å². The van der Waals surface area contributed by atoms with Gasteiger partial charge in [-0.25, -0.2) is 0 Å². The van der Waals surface area contributed by atoms with Gasteiger partial charge in [0, 0.05) is 39.4 Å². The lowest BCUT2D eigenvalue weighted by Crippen LogP contribution is -2.50. The molecule has 3 aromatic rings. The summed E-state index contributed by atoms with van der Waals surface area (Å²) in [6.07, 6.45) is 0. The van der Waals surface area contributed by atoms with Gasteiger partial charge >= 0.3 is 0 Å². The molecule has 8 nitrogen and oxygen atoms in total. The summed E-state index contributed by atoms with van der Waals surface area (Å²) in [5.41, 5.74) is 0. The first-order valence-electron chi connectivity index (χ1n) is 10.3. The molecule has 0 radical (unpaired) electrons. The van der Waals surface area contributed by atoms with Crippen molar-refractivity contribution in [3.05, 3.63) is 54.6 Å². The van der Waals surface area contributed by atoms with Crippen molar-refractivity contribution in [2.24, 2.45) is 0 Å². The summed E-state index contributed by atoms with van der Waals surface area (Å²) in [4.78, 5) is 16.5. The van der Waals surface area contributed by atoms with Crippen LogP contribution in [0.15, 0.2) is 54.6 Å². The van der Waals surface area contributed by atoms with E-state index in [0.29, 0.717) is 51.0 Å². The van der Waals surface area contributed by atoms with Crippen molar-refractivity contribution < 1.29 is 19.0 Å². The zero-order valence-electron chi connectivity index (χ0n) is 17.6. The lowest BCUT2D eigenvalue weighted by Gasteiger charge is -2.35. The van der Waals surface area contributed by atoms with Gasteiger partial charge in [0.05, 0.1) is 6.61 Å². The van der Waals surface area contributed by atoms with E-state index in [9.17, 15) is 4.79 Å². The van der Waals surface area contributed by atoms with E-state index in [1.807, 2.05) is 47.4 Å². The highest BCUT2D eigenvalue weighted by Gasteiger charge is 2.22. The number of aromatic nitrogens is 2. The van der Waals surface area contributed by atoms with Crippen molar-refractivity contribution in [3.63, 3.8) is 0 Å². The average Bonchev–Trinajstić information content (AvgIpc) is 2.83. The molecule has 0 N–H and O–H groups in total. The highest BCUT2D eigenvalue weighted by Crippen LogP contribution is 2.21. The highest BCUT2D eigenvalue weighted by molar-refractivity contribution is 5.84. The van der Waals surface area contributed by atoms with Crippen LogP contribution in [0.2, 0.25) is 0 Å².